The van der Waals surface area contributed by atoms with Crippen molar-refractivity contribution >= 4 is 17.3 Å². The molecule has 0 saturated carbocycles. The second kappa shape index (κ2) is 14.2. The Morgan fingerprint density at radius 1 is 0.952 bits per heavy atom. The van der Waals surface area contributed by atoms with Crippen molar-refractivity contribution in [2.75, 3.05) is 24.6 Å². The number of nitrogen functional groups attached to an aromatic ring is 1. The van der Waals surface area contributed by atoms with E-state index >= 15 is 0 Å². The Labute approximate surface area is 254 Å². The van der Waals surface area contributed by atoms with Gasteiger partial charge in [-0.25, -0.2) is 0 Å². The summed E-state index contributed by atoms with van der Waals surface area (Å²) in [6.45, 7) is 19.6. The zero-order valence-electron chi connectivity index (χ0n) is 27.3. The third kappa shape index (κ3) is 7.36. The van der Waals surface area contributed by atoms with Crippen LogP contribution in [0.1, 0.15) is 105 Å². The molecule has 42 heavy (non-hydrogen) atoms. The molecule has 0 aliphatic carbocycles. The molecule has 0 aliphatic rings. The zero-order chi connectivity index (χ0) is 31.2. The normalized spacial score (nSPS) is 14.0. The molecule has 5 nitrogen and oxygen atoms in total. The first kappa shape index (κ1) is 33.2. The number of carboxylic acids is 1. The average Bonchev–Trinajstić information content (AvgIpc) is 2.96. The van der Waals surface area contributed by atoms with E-state index in [0.29, 0.717) is 17.5 Å². The summed E-state index contributed by atoms with van der Waals surface area (Å²) in [4.78, 5) is 15.2. The summed E-state index contributed by atoms with van der Waals surface area (Å²) in [5, 5.41) is 13.5. The van der Waals surface area contributed by atoms with Crippen molar-refractivity contribution in [2.24, 2.45) is 11.3 Å². The number of aliphatic carboxylic acids is 1. The summed E-state index contributed by atoms with van der Waals surface area (Å²) in [6.07, 6.45) is 2.24. The molecule has 228 valence electrons. The first-order valence-electron chi connectivity index (χ1n) is 15.5. The van der Waals surface area contributed by atoms with Gasteiger partial charge < -0.3 is 16.2 Å². The van der Waals surface area contributed by atoms with Crippen LogP contribution < -0.4 is 11.1 Å². The smallest absolute Gasteiger partial charge is 0.310 e. The predicted octanol–water partition coefficient (Wildman–Crippen LogP) is 8.73. The van der Waals surface area contributed by atoms with Gasteiger partial charge in [-0.2, -0.15) is 0 Å². The van der Waals surface area contributed by atoms with Crippen LogP contribution in [-0.4, -0.2) is 29.6 Å². The lowest BCUT2D eigenvalue weighted by Crippen LogP contribution is -2.33. The summed E-state index contributed by atoms with van der Waals surface area (Å²) < 4.78 is 0. The highest BCUT2D eigenvalue weighted by molar-refractivity contribution is 5.78. The molecule has 3 aromatic rings. The molecule has 3 atom stereocenters. The predicted molar refractivity (Wildman–Crippen MR) is 178 cm³/mol. The van der Waals surface area contributed by atoms with Crippen molar-refractivity contribution in [3.8, 4) is 0 Å². The Bertz CT molecular complexity index is 1360. The number of rotatable bonds is 14. The van der Waals surface area contributed by atoms with Crippen LogP contribution in [-0.2, 0) is 17.9 Å². The van der Waals surface area contributed by atoms with Gasteiger partial charge >= 0.3 is 5.97 Å². The monoisotopic (exact) mass is 571 g/mol. The third-order valence-corrected chi connectivity index (χ3v) is 9.37. The minimum atomic E-state index is -1.05. The average molecular weight is 572 g/mol. The van der Waals surface area contributed by atoms with Gasteiger partial charge in [0.15, 0.2) is 0 Å². The van der Waals surface area contributed by atoms with Gasteiger partial charge in [0, 0.05) is 32.6 Å². The van der Waals surface area contributed by atoms with E-state index in [9.17, 15) is 9.90 Å². The van der Waals surface area contributed by atoms with E-state index in [-0.39, 0.29) is 5.92 Å². The first-order valence-corrected chi connectivity index (χ1v) is 15.5. The minimum absolute atomic E-state index is 0.364. The zero-order valence-corrected chi connectivity index (χ0v) is 27.3. The number of anilines is 2. The fraction of sp³-hybridized carbons (Fsp3) is 0.486. The van der Waals surface area contributed by atoms with Crippen molar-refractivity contribution < 1.29 is 9.90 Å². The number of hydrogen-bond acceptors (Lipinski definition) is 4. The van der Waals surface area contributed by atoms with Gasteiger partial charge in [0.2, 0.25) is 0 Å². The lowest BCUT2D eigenvalue weighted by Gasteiger charge is -2.34. The molecule has 0 heterocycles. The number of hydrogen-bond donors (Lipinski definition) is 3. The van der Waals surface area contributed by atoms with E-state index in [2.05, 4.69) is 87.3 Å². The molecule has 4 N–H and O–H groups in total. The van der Waals surface area contributed by atoms with Gasteiger partial charge in [-0.15, -0.1) is 0 Å². The van der Waals surface area contributed by atoms with Crippen LogP contribution >= 0.6 is 0 Å². The van der Waals surface area contributed by atoms with Crippen LogP contribution in [0.3, 0.4) is 0 Å². The maximum atomic E-state index is 12.7. The van der Waals surface area contributed by atoms with Gasteiger partial charge in [-0.1, -0.05) is 82.6 Å². The first-order chi connectivity index (χ1) is 19.8. The number of carbonyl (C=O) groups is 1. The fourth-order valence-corrected chi connectivity index (χ4v) is 6.04. The van der Waals surface area contributed by atoms with E-state index in [0.717, 1.165) is 54.9 Å². The summed E-state index contributed by atoms with van der Waals surface area (Å²) in [5.74, 6) is -0.109. The second-order valence-corrected chi connectivity index (χ2v) is 12.8. The Morgan fingerprint density at radius 2 is 1.62 bits per heavy atom. The van der Waals surface area contributed by atoms with Crippen LogP contribution in [0.2, 0.25) is 0 Å². The molecule has 3 aromatic carbocycles. The van der Waals surface area contributed by atoms with Gasteiger partial charge in [0.1, 0.15) is 0 Å². The summed E-state index contributed by atoms with van der Waals surface area (Å²) in [5.41, 5.74) is 15.1. The summed E-state index contributed by atoms with van der Waals surface area (Å²) in [7, 11) is 1.85. The minimum Gasteiger partial charge on any atom is -0.481 e. The molecule has 0 bridgehead atoms. The van der Waals surface area contributed by atoms with Crippen molar-refractivity contribution in [3.63, 3.8) is 0 Å². The van der Waals surface area contributed by atoms with E-state index in [1.807, 2.05) is 40.0 Å². The summed E-state index contributed by atoms with van der Waals surface area (Å²) in [6, 6.07) is 19.4. The molecule has 3 rings (SSSR count). The number of nitrogens with zero attached hydrogens (tertiary/aromatic N) is 1. The maximum Gasteiger partial charge on any atom is 0.310 e. The molecule has 0 saturated heterocycles. The van der Waals surface area contributed by atoms with Crippen LogP contribution in [0.15, 0.2) is 54.6 Å². The Kier molecular flexibility index (Phi) is 11.3. The molecular weight excluding hydrogens is 518 g/mol. The molecule has 0 radical (unpaired) electrons. The lowest BCUT2D eigenvalue weighted by molar-refractivity contribution is -0.147. The topological polar surface area (TPSA) is 78.6 Å². The standard InChI is InChI=1S/C37H53N3O2/c1-10-24(3)21-40(22-29-14-12-13-15-31(29)25(4)11-2)23-30-20-28(17-16-26(30)5)34(37(7,8)36(41)42)32-18-19-33(39-9)35(38)27(32)6/h12-20,24-25,34,39H,10-11,21-23,38H2,1-9H3,(H,41,42)/t24-,25?,34?/m1/s1. The molecule has 0 aliphatic heterocycles. The SMILES string of the molecule is CCC(C)c1ccccc1CN(Cc1cc(C(c2ccc(NC)c(N)c2C)C(C)(C)C(=O)O)ccc1C)C[C@H](C)CC. The molecule has 0 fully saturated rings. The van der Waals surface area contributed by atoms with Crippen LogP contribution in [0.25, 0.3) is 0 Å². The van der Waals surface area contributed by atoms with Crippen LogP contribution in [0.4, 0.5) is 11.4 Å². The second-order valence-electron chi connectivity index (χ2n) is 12.8. The molecule has 0 aromatic heterocycles. The Hall–Kier alpha value is -3.31. The fourth-order valence-electron chi connectivity index (χ4n) is 6.04. The van der Waals surface area contributed by atoms with E-state index in [1.54, 1.807) is 0 Å². The number of nitrogens with two attached hydrogens (primary N) is 1. The largest absolute Gasteiger partial charge is 0.481 e. The van der Waals surface area contributed by atoms with Gasteiger partial charge in [-0.05, 0) is 91.0 Å². The van der Waals surface area contributed by atoms with Gasteiger partial charge in [0.25, 0.3) is 0 Å². The summed E-state index contributed by atoms with van der Waals surface area (Å²) >= 11 is 0. The van der Waals surface area contributed by atoms with Crippen molar-refractivity contribution in [2.45, 2.75) is 93.2 Å². The third-order valence-electron chi connectivity index (χ3n) is 9.37. The number of aryl methyl sites for hydroxylation is 1. The quantitative estimate of drug-likeness (QED) is 0.169. The molecule has 5 heteroatoms. The highest BCUT2D eigenvalue weighted by Crippen LogP contribution is 2.45. The van der Waals surface area contributed by atoms with Crippen molar-refractivity contribution in [1.82, 2.24) is 4.90 Å². The van der Waals surface area contributed by atoms with Crippen molar-refractivity contribution in [1.29, 1.82) is 0 Å². The molecule has 2 unspecified atom stereocenters. The van der Waals surface area contributed by atoms with E-state index in [1.165, 1.54) is 22.3 Å². The molecule has 0 amide bonds. The maximum absolute atomic E-state index is 12.7. The van der Waals surface area contributed by atoms with Crippen LogP contribution in [0, 0.1) is 25.2 Å². The van der Waals surface area contributed by atoms with Crippen molar-refractivity contribution in [3.05, 3.63) is 93.5 Å². The van der Waals surface area contributed by atoms with E-state index < -0.39 is 11.4 Å². The Morgan fingerprint density at radius 3 is 2.24 bits per heavy atom. The lowest BCUT2D eigenvalue weighted by atomic mass is 9.69. The Balaban J connectivity index is 2.10. The number of carboxylic acid groups (broad SMARTS) is 1. The highest BCUT2D eigenvalue weighted by atomic mass is 16.4. The van der Waals surface area contributed by atoms with E-state index in [4.69, 9.17) is 5.73 Å². The van der Waals surface area contributed by atoms with Crippen LogP contribution in [0.5, 0.6) is 0 Å². The molecule has 0 spiro atoms. The highest BCUT2D eigenvalue weighted by Gasteiger charge is 2.40. The molecular formula is C37H53N3O2. The number of benzene rings is 3. The number of nitrogens with one attached hydrogen (secondary N) is 1. The van der Waals surface area contributed by atoms with Gasteiger partial charge in [-0.3, -0.25) is 9.69 Å². The van der Waals surface area contributed by atoms with Gasteiger partial charge in [0.05, 0.1) is 16.8 Å².